The summed E-state index contributed by atoms with van der Waals surface area (Å²) in [4.78, 5) is 24.2. The fourth-order valence-electron chi connectivity index (χ4n) is 4.82. The van der Waals surface area contributed by atoms with Crippen molar-refractivity contribution in [1.82, 2.24) is 0 Å². The van der Waals surface area contributed by atoms with Crippen molar-refractivity contribution < 1.29 is 24.2 Å². The lowest BCUT2D eigenvalue weighted by molar-refractivity contribution is -0.161. The van der Waals surface area contributed by atoms with Gasteiger partial charge in [0.1, 0.15) is 6.61 Å². The van der Waals surface area contributed by atoms with E-state index in [1.807, 2.05) is 0 Å². The summed E-state index contributed by atoms with van der Waals surface area (Å²) in [5.41, 5.74) is 0. The Morgan fingerprint density at radius 2 is 0.956 bits per heavy atom. The topological polar surface area (TPSA) is 72.8 Å². The van der Waals surface area contributed by atoms with Crippen molar-refractivity contribution in [3.8, 4) is 0 Å². The van der Waals surface area contributed by atoms with Crippen LogP contribution in [0.2, 0.25) is 0 Å². The van der Waals surface area contributed by atoms with Gasteiger partial charge in [0.05, 0.1) is 6.61 Å². The van der Waals surface area contributed by atoms with E-state index in [1.54, 1.807) is 0 Å². The molecule has 45 heavy (non-hydrogen) atoms. The third-order valence-electron chi connectivity index (χ3n) is 7.58. The van der Waals surface area contributed by atoms with Crippen LogP contribution in [0.1, 0.15) is 162 Å². The summed E-state index contributed by atoms with van der Waals surface area (Å²) in [6.07, 6.45) is 45.6. The Kier molecular flexibility index (Phi) is 34.1. The zero-order valence-corrected chi connectivity index (χ0v) is 29.1. The van der Waals surface area contributed by atoms with Crippen LogP contribution in [-0.2, 0) is 19.1 Å². The standard InChI is InChI=1S/C40H68O5/c1-3-5-7-9-11-13-15-17-19-20-21-23-24-26-28-30-32-34-39(42)44-37-38(36-41)45-40(43)35-33-31-29-27-25-22-18-16-14-12-10-8-6-4-2/h5,7,11,13,17,19,21,23,26,28,38,41H,3-4,6,8-10,12,14-16,18,20,22,24-25,27,29-37H2,1-2H3/b7-5+,13-11+,19-17+,23-21+,28-26+/t38-/m0/s1. The summed E-state index contributed by atoms with van der Waals surface area (Å²) in [6.45, 7) is 3.96. The van der Waals surface area contributed by atoms with Crippen LogP contribution in [-0.4, -0.2) is 36.4 Å². The average molecular weight is 629 g/mol. The summed E-state index contributed by atoms with van der Waals surface area (Å²) < 4.78 is 10.5. The van der Waals surface area contributed by atoms with Crippen molar-refractivity contribution in [2.75, 3.05) is 13.2 Å². The molecule has 5 heteroatoms. The molecule has 0 fully saturated rings. The second-order valence-corrected chi connectivity index (χ2v) is 11.9. The number of rotatable bonds is 32. The minimum absolute atomic E-state index is 0.0958. The van der Waals surface area contributed by atoms with Gasteiger partial charge in [-0.2, -0.15) is 0 Å². The smallest absolute Gasteiger partial charge is 0.306 e. The number of carbonyl (C=O) groups excluding carboxylic acids is 2. The highest BCUT2D eigenvalue weighted by Crippen LogP contribution is 2.14. The molecule has 5 nitrogen and oxygen atoms in total. The number of unbranched alkanes of at least 4 members (excludes halogenated alkanes) is 14. The second kappa shape index (κ2) is 36.1. The number of allylic oxidation sites excluding steroid dienone is 10. The maximum atomic E-state index is 12.1. The fourth-order valence-corrected chi connectivity index (χ4v) is 4.82. The Balaban J connectivity index is 3.68. The zero-order valence-electron chi connectivity index (χ0n) is 29.1. The lowest BCUT2D eigenvalue weighted by Gasteiger charge is -2.15. The summed E-state index contributed by atoms with van der Waals surface area (Å²) in [5, 5.41) is 9.52. The molecule has 0 rings (SSSR count). The number of aliphatic hydroxyl groups is 1. The molecule has 1 N–H and O–H groups in total. The number of hydrogen-bond donors (Lipinski definition) is 1. The molecule has 0 heterocycles. The minimum atomic E-state index is -0.793. The van der Waals surface area contributed by atoms with Gasteiger partial charge in [-0.3, -0.25) is 9.59 Å². The quantitative estimate of drug-likeness (QED) is 0.0456. The molecule has 1 atom stereocenters. The van der Waals surface area contributed by atoms with Crippen LogP contribution in [0.15, 0.2) is 60.8 Å². The van der Waals surface area contributed by atoms with Gasteiger partial charge in [-0.05, 0) is 51.4 Å². The molecule has 258 valence electrons. The Labute approximate surface area is 277 Å². The molecule has 0 aliphatic carbocycles. The predicted octanol–water partition coefficient (Wildman–Crippen LogP) is 11.2. The predicted molar refractivity (Wildman–Crippen MR) is 191 cm³/mol. The van der Waals surface area contributed by atoms with Crippen LogP contribution >= 0.6 is 0 Å². The number of aliphatic hydroxyl groups excluding tert-OH is 1. The van der Waals surface area contributed by atoms with Gasteiger partial charge in [0.25, 0.3) is 0 Å². The van der Waals surface area contributed by atoms with Crippen LogP contribution in [0.5, 0.6) is 0 Å². The van der Waals surface area contributed by atoms with Crippen LogP contribution < -0.4 is 0 Å². The van der Waals surface area contributed by atoms with Crippen molar-refractivity contribution in [2.24, 2.45) is 0 Å². The minimum Gasteiger partial charge on any atom is -0.462 e. The summed E-state index contributed by atoms with van der Waals surface area (Å²) in [7, 11) is 0. The molecule has 0 amide bonds. The molecule has 0 unspecified atom stereocenters. The Morgan fingerprint density at radius 3 is 1.42 bits per heavy atom. The summed E-state index contributed by atoms with van der Waals surface area (Å²) in [5.74, 6) is -0.661. The number of carbonyl (C=O) groups is 2. The van der Waals surface area contributed by atoms with Crippen LogP contribution in [0.4, 0.5) is 0 Å². The zero-order chi connectivity index (χ0) is 32.9. The van der Waals surface area contributed by atoms with Gasteiger partial charge in [-0.15, -0.1) is 0 Å². The van der Waals surface area contributed by atoms with Gasteiger partial charge in [-0.25, -0.2) is 0 Å². The fraction of sp³-hybridized carbons (Fsp3) is 0.700. The van der Waals surface area contributed by atoms with E-state index < -0.39 is 6.10 Å². The highest BCUT2D eigenvalue weighted by Gasteiger charge is 2.16. The summed E-state index contributed by atoms with van der Waals surface area (Å²) >= 11 is 0. The molecular formula is C40H68O5. The molecule has 0 aromatic heterocycles. The van der Waals surface area contributed by atoms with Crippen LogP contribution in [0.25, 0.3) is 0 Å². The van der Waals surface area contributed by atoms with E-state index in [4.69, 9.17) is 9.47 Å². The van der Waals surface area contributed by atoms with Gasteiger partial charge >= 0.3 is 11.9 Å². The largest absolute Gasteiger partial charge is 0.462 e. The number of hydrogen-bond acceptors (Lipinski definition) is 5. The summed E-state index contributed by atoms with van der Waals surface area (Å²) in [6, 6.07) is 0. The third kappa shape index (κ3) is 34.3. The Morgan fingerprint density at radius 1 is 0.533 bits per heavy atom. The van der Waals surface area contributed by atoms with E-state index >= 15 is 0 Å². The number of esters is 2. The maximum absolute atomic E-state index is 12.1. The molecule has 0 radical (unpaired) electrons. The molecule has 0 aliphatic rings. The van der Waals surface area contributed by atoms with E-state index in [2.05, 4.69) is 74.6 Å². The molecule has 0 saturated carbocycles. The number of ether oxygens (including phenoxy) is 2. The highest BCUT2D eigenvalue weighted by molar-refractivity contribution is 5.70. The van der Waals surface area contributed by atoms with Crippen LogP contribution in [0, 0.1) is 0 Å². The Hall–Kier alpha value is -2.40. The van der Waals surface area contributed by atoms with Gasteiger partial charge in [-0.1, -0.05) is 158 Å². The normalized spacial score (nSPS) is 12.9. The molecule has 0 aliphatic heterocycles. The van der Waals surface area contributed by atoms with Crippen molar-refractivity contribution in [3.05, 3.63) is 60.8 Å². The first kappa shape index (κ1) is 42.6. The molecule has 0 aromatic rings. The van der Waals surface area contributed by atoms with E-state index in [9.17, 15) is 14.7 Å². The monoisotopic (exact) mass is 629 g/mol. The molecule has 0 bridgehead atoms. The van der Waals surface area contributed by atoms with E-state index in [-0.39, 0.29) is 25.2 Å². The van der Waals surface area contributed by atoms with Gasteiger partial charge in [0.15, 0.2) is 6.10 Å². The first-order valence-corrected chi connectivity index (χ1v) is 18.3. The molecular weight excluding hydrogens is 560 g/mol. The first-order chi connectivity index (χ1) is 22.1. The van der Waals surface area contributed by atoms with Gasteiger partial charge in [0, 0.05) is 12.8 Å². The molecule has 0 saturated heterocycles. The van der Waals surface area contributed by atoms with Gasteiger partial charge < -0.3 is 14.6 Å². The lowest BCUT2D eigenvalue weighted by Crippen LogP contribution is -2.28. The third-order valence-corrected chi connectivity index (χ3v) is 7.58. The lowest BCUT2D eigenvalue weighted by atomic mass is 10.0. The van der Waals surface area contributed by atoms with Crippen LogP contribution in [0.3, 0.4) is 0 Å². The molecule has 0 aromatic carbocycles. The van der Waals surface area contributed by atoms with Crippen molar-refractivity contribution in [2.45, 2.75) is 168 Å². The Bertz CT molecular complexity index is 808. The first-order valence-electron chi connectivity index (χ1n) is 18.3. The van der Waals surface area contributed by atoms with E-state index in [1.165, 1.54) is 70.6 Å². The highest BCUT2D eigenvalue weighted by atomic mass is 16.6. The molecule has 0 spiro atoms. The van der Waals surface area contributed by atoms with Crippen molar-refractivity contribution in [1.29, 1.82) is 0 Å². The average Bonchev–Trinajstić information content (AvgIpc) is 3.04. The van der Waals surface area contributed by atoms with Gasteiger partial charge in [0.2, 0.25) is 0 Å². The van der Waals surface area contributed by atoms with Crippen molar-refractivity contribution >= 4 is 11.9 Å². The van der Waals surface area contributed by atoms with E-state index in [0.29, 0.717) is 19.3 Å². The maximum Gasteiger partial charge on any atom is 0.306 e. The second-order valence-electron chi connectivity index (χ2n) is 11.9. The van der Waals surface area contributed by atoms with Crippen molar-refractivity contribution in [3.63, 3.8) is 0 Å². The van der Waals surface area contributed by atoms with E-state index in [0.717, 1.165) is 57.8 Å². The SMILES string of the molecule is CC/C=C/C/C=C/C/C=C/C/C=C/C/C=C/CCCC(=O)OC[C@H](CO)OC(=O)CCCCCCCCCCCCCCCC.